The van der Waals surface area contributed by atoms with E-state index in [2.05, 4.69) is 16.3 Å². The zero-order chi connectivity index (χ0) is 26.5. The van der Waals surface area contributed by atoms with E-state index < -0.39 is 27.5 Å². The van der Waals surface area contributed by atoms with Gasteiger partial charge < -0.3 is 13.7 Å². The smallest absolute Gasteiger partial charge is 0.444 e. The molecule has 0 N–H and O–H groups in total. The Kier molecular flexibility index (Phi) is 8.43. The van der Waals surface area contributed by atoms with E-state index in [0.717, 1.165) is 36.1 Å². The third-order valence-corrected chi connectivity index (χ3v) is 7.52. The summed E-state index contributed by atoms with van der Waals surface area (Å²) < 4.78 is 77.9. The van der Waals surface area contributed by atoms with Crippen LogP contribution in [-0.4, -0.2) is 44.2 Å². The first kappa shape index (κ1) is 27.0. The van der Waals surface area contributed by atoms with E-state index in [4.69, 9.17) is 9.47 Å². The van der Waals surface area contributed by atoms with Crippen molar-refractivity contribution in [1.29, 1.82) is 0 Å². The second kappa shape index (κ2) is 11.6. The summed E-state index contributed by atoms with van der Waals surface area (Å²) in [4.78, 5) is 13.9. The molecule has 1 aliphatic heterocycles. The molecule has 37 heavy (non-hydrogen) atoms. The van der Waals surface area contributed by atoms with Crippen molar-refractivity contribution in [1.82, 2.24) is 4.90 Å². The molecule has 7 nitrogen and oxygen atoms in total. The highest BCUT2D eigenvalue weighted by Gasteiger charge is 2.50. The van der Waals surface area contributed by atoms with Gasteiger partial charge >= 0.3 is 21.7 Å². The minimum Gasteiger partial charge on any atom is -0.444 e. The van der Waals surface area contributed by atoms with Crippen molar-refractivity contribution in [2.75, 3.05) is 13.2 Å². The van der Waals surface area contributed by atoms with E-state index in [-0.39, 0.29) is 38.0 Å². The predicted octanol–water partition coefficient (Wildman–Crippen LogP) is 5.85. The molecular formula is C26H28F3NO6S. The first-order valence-corrected chi connectivity index (χ1v) is 13.4. The highest BCUT2D eigenvalue weighted by atomic mass is 32.2. The van der Waals surface area contributed by atoms with Crippen molar-refractivity contribution in [2.45, 2.75) is 56.2 Å². The summed E-state index contributed by atoms with van der Waals surface area (Å²) in [5.74, 6) is -0.0704. The van der Waals surface area contributed by atoms with Gasteiger partial charge in [0.2, 0.25) is 0 Å². The molecule has 2 aliphatic rings. The van der Waals surface area contributed by atoms with Gasteiger partial charge in [-0.3, -0.25) is 4.90 Å². The molecule has 11 heteroatoms. The van der Waals surface area contributed by atoms with Crippen LogP contribution in [0.3, 0.4) is 0 Å². The van der Waals surface area contributed by atoms with Crippen molar-refractivity contribution >= 4 is 16.2 Å². The van der Waals surface area contributed by atoms with Gasteiger partial charge in [0.15, 0.2) is 0 Å². The van der Waals surface area contributed by atoms with Crippen molar-refractivity contribution in [2.24, 2.45) is 0 Å². The largest absolute Gasteiger partial charge is 0.534 e. The average Bonchev–Trinajstić information content (AvgIpc) is 3.28. The first-order chi connectivity index (χ1) is 17.6. The number of hydrogen-bond donors (Lipinski definition) is 0. The summed E-state index contributed by atoms with van der Waals surface area (Å²) in [5, 5.41) is 0. The molecule has 2 aromatic rings. The monoisotopic (exact) mass is 539 g/mol. The summed E-state index contributed by atoms with van der Waals surface area (Å²) in [6, 6.07) is 19.0. The highest BCUT2D eigenvalue weighted by molar-refractivity contribution is 7.87. The Morgan fingerprint density at radius 1 is 0.919 bits per heavy atom. The van der Waals surface area contributed by atoms with Gasteiger partial charge in [-0.1, -0.05) is 60.7 Å². The molecule has 0 bridgehead atoms. The lowest BCUT2D eigenvalue weighted by atomic mass is 9.83. The summed E-state index contributed by atoms with van der Waals surface area (Å²) in [7, 11) is -5.89. The summed E-state index contributed by atoms with van der Waals surface area (Å²) in [5.41, 5.74) is -3.69. The van der Waals surface area contributed by atoms with Crippen LogP contribution in [0, 0.1) is 0 Å². The molecule has 1 amide bonds. The standard InChI is InChI=1S/C26H28F3NO6S/c27-26(28,29)37(32,33)36-24-15-16-30(25(31)35-17-19-7-3-1-4-8-19)23(24)18-34-22-13-11-21(12-14-22)20-9-5-2-6-10-20/h1-10,21-22H,11-18H2. The minimum absolute atomic E-state index is 0.0507. The number of hydrogen-bond acceptors (Lipinski definition) is 6. The summed E-state index contributed by atoms with van der Waals surface area (Å²) in [6.07, 6.45) is 1.99. The van der Waals surface area contributed by atoms with E-state index in [9.17, 15) is 26.4 Å². The Morgan fingerprint density at radius 3 is 2.16 bits per heavy atom. The molecule has 1 saturated carbocycles. The normalized spacial score (nSPS) is 20.7. The molecule has 0 saturated heterocycles. The van der Waals surface area contributed by atoms with E-state index in [1.54, 1.807) is 24.3 Å². The van der Waals surface area contributed by atoms with Crippen LogP contribution in [0.25, 0.3) is 0 Å². The second-order valence-corrected chi connectivity index (χ2v) is 10.5. The van der Waals surface area contributed by atoms with Crippen molar-refractivity contribution in [3.05, 3.63) is 83.2 Å². The molecule has 1 fully saturated rings. The third-order valence-electron chi connectivity index (χ3n) is 6.53. The van der Waals surface area contributed by atoms with E-state index in [0.29, 0.717) is 5.92 Å². The number of benzene rings is 2. The van der Waals surface area contributed by atoms with Gasteiger partial charge in [0.1, 0.15) is 12.4 Å². The van der Waals surface area contributed by atoms with Gasteiger partial charge in [0.05, 0.1) is 18.4 Å². The quantitative estimate of drug-likeness (QED) is 0.309. The number of nitrogens with zero attached hydrogens (tertiary/aromatic N) is 1. The lowest BCUT2D eigenvalue weighted by molar-refractivity contribution is -0.0524. The Labute approximate surface area is 213 Å². The van der Waals surface area contributed by atoms with Crippen LogP contribution >= 0.6 is 0 Å². The lowest BCUT2D eigenvalue weighted by Gasteiger charge is -2.30. The van der Waals surface area contributed by atoms with Crippen LogP contribution in [0.5, 0.6) is 0 Å². The lowest BCUT2D eigenvalue weighted by Crippen LogP contribution is -2.32. The highest BCUT2D eigenvalue weighted by Crippen LogP contribution is 2.36. The summed E-state index contributed by atoms with van der Waals surface area (Å²) >= 11 is 0. The molecule has 0 atom stereocenters. The summed E-state index contributed by atoms with van der Waals surface area (Å²) in [6.45, 7) is -0.412. The van der Waals surface area contributed by atoms with Crippen molar-refractivity contribution in [3.8, 4) is 0 Å². The fraction of sp³-hybridized carbons (Fsp3) is 0.423. The van der Waals surface area contributed by atoms with Crippen LogP contribution in [0.4, 0.5) is 18.0 Å². The number of carbonyl (C=O) groups excluding carboxylic acids is 1. The molecule has 0 unspecified atom stereocenters. The number of ether oxygens (including phenoxy) is 2. The van der Waals surface area contributed by atoms with Gasteiger partial charge in [-0.2, -0.15) is 21.6 Å². The molecule has 0 aromatic heterocycles. The molecule has 200 valence electrons. The second-order valence-electron chi connectivity index (χ2n) is 8.99. The molecule has 1 aliphatic carbocycles. The maximum Gasteiger partial charge on any atom is 0.534 e. The molecular weight excluding hydrogens is 511 g/mol. The van der Waals surface area contributed by atoms with Gasteiger partial charge in [-0.25, -0.2) is 4.79 Å². The minimum atomic E-state index is -5.89. The van der Waals surface area contributed by atoms with Gasteiger partial charge in [0, 0.05) is 13.0 Å². The molecule has 0 radical (unpaired) electrons. The Hall–Kier alpha value is -3.05. The number of alkyl halides is 3. The van der Waals surface area contributed by atoms with E-state index in [1.165, 1.54) is 5.56 Å². The van der Waals surface area contributed by atoms with E-state index >= 15 is 0 Å². The zero-order valence-electron chi connectivity index (χ0n) is 20.0. The van der Waals surface area contributed by atoms with Crippen LogP contribution in [0.15, 0.2) is 72.1 Å². The van der Waals surface area contributed by atoms with Crippen LogP contribution in [0.1, 0.15) is 49.1 Å². The Balaban J connectivity index is 1.43. The van der Waals surface area contributed by atoms with E-state index in [1.807, 2.05) is 24.3 Å². The molecule has 4 rings (SSSR count). The number of amides is 1. The molecule has 0 spiro atoms. The van der Waals surface area contributed by atoms with Crippen LogP contribution < -0.4 is 0 Å². The first-order valence-electron chi connectivity index (χ1n) is 12.0. The zero-order valence-corrected chi connectivity index (χ0v) is 20.8. The molecule has 1 heterocycles. The third kappa shape index (κ3) is 6.84. The number of rotatable bonds is 8. The fourth-order valence-corrected chi connectivity index (χ4v) is 5.09. The van der Waals surface area contributed by atoms with Crippen molar-refractivity contribution < 1.29 is 40.0 Å². The number of halogens is 3. The van der Waals surface area contributed by atoms with Crippen molar-refractivity contribution in [3.63, 3.8) is 0 Å². The fourth-order valence-electron chi connectivity index (χ4n) is 4.55. The topological polar surface area (TPSA) is 82.1 Å². The predicted molar refractivity (Wildman–Crippen MR) is 128 cm³/mol. The maximum absolute atomic E-state index is 13.0. The van der Waals surface area contributed by atoms with Crippen LogP contribution in [0.2, 0.25) is 0 Å². The average molecular weight is 540 g/mol. The van der Waals surface area contributed by atoms with Gasteiger partial charge in [0.25, 0.3) is 0 Å². The SMILES string of the molecule is O=C(OCc1ccccc1)N1CCC(OS(=O)(=O)C(F)(F)F)=C1COC1CCC(c2ccccc2)CC1. The van der Waals surface area contributed by atoms with Gasteiger partial charge in [-0.15, -0.1) is 0 Å². The maximum atomic E-state index is 13.0. The number of carbonyl (C=O) groups is 1. The Morgan fingerprint density at radius 2 is 1.54 bits per heavy atom. The van der Waals surface area contributed by atoms with Crippen LogP contribution in [-0.2, 0) is 30.4 Å². The van der Waals surface area contributed by atoms with Gasteiger partial charge in [-0.05, 0) is 42.7 Å². The Bertz CT molecular complexity index is 1190. The molecule has 2 aromatic carbocycles.